The van der Waals surface area contributed by atoms with Gasteiger partial charge >= 0.3 is 6.09 Å². The standard InChI is InChI=1S/C49H73N7O8S/c1-12-32(6)43(55(9)48(60)41(30(2)3)53-46(59)42(31(4)5)54(8)29-35-20-16-21-36(26-35)51-49(61)62)39(63-10)28-40(57)56-24-17-22-38(56)44(64-11)33(7)45(58)52-37(47-50-23-25-65-47)27-34-18-14-13-15-19-34/h13-16,18-21,23,25-26,30-33,37-39,41-44,51H,12,17,22,24,27-29H2,1-11H3,(H,52,58)(H,53,59)(H,61,62)/t32-,33+,37-,38-,39+,41-,42-,43-,44+/m0/s1. The van der Waals surface area contributed by atoms with E-state index >= 15 is 0 Å². The first-order chi connectivity index (χ1) is 30.9. The SMILES string of the molecule is CC[C@H](C)[C@@H]([C@@H](CC(=O)N1CCC[C@H]1[C@H](OC)[C@@H](C)C(=O)N[C@@H](Cc1ccccc1)c1nccs1)OC)N(C)C(=O)[C@@H](NC(=O)[C@H](C(C)C)N(C)Cc1cccc(NC(=O)O)c1)C(C)C. The fraction of sp³-hybridized carbons (Fsp3) is 0.592. The van der Waals surface area contributed by atoms with Gasteiger partial charge < -0.3 is 35.0 Å². The molecule has 5 amide bonds. The highest BCUT2D eigenvalue weighted by Crippen LogP contribution is 2.31. The van der Waals surface area contributed by atoms with Crippen LogP contribution in [0.25, 0.3) is 0 Å². The van der Waals surface area contributed by atoms with Crippen LogP contribution < -0.4 is 16.0 Å². The first kappa shape index (κ1) is 52.7. The number of thiazole rings is 1. The normalized spacial score (nSPS) is 17.8. The van der Waals surface area contributed by atoms with Gasteiger partial charge in [-0.25, -0.2) is 9.78 Å². The summed E-state index contributed by atoms with van der Waals surface area (Å²) in [6, 6.07) is 14.3. The fourth-order valence-corrected chi connectivity index (χ4v) is 10.00. The number of nitrogens with one attached hydrogen (secondary N) is 3. The van der Waals surface area contributed by atoms with E-state index in [1.54, 1.807) is 50.6 Å². The molecule has 4 rings (SSSR count). The predicted molar refractivity (Wildman–Crippen MR) is 254 cm³/mol. The molecule has 1 aromatic heterocycles. The molecule has 15 nitrogen and oxygen atoms in total. The molecular formula is C49H73N7O8S. The van der Waals surface area contributed by atoms with Crippen LogP contribution in [-0.2, 0) is 41.6 Å². The summed E-state index contributed by atoms with van der Waals surface area (Å²) in [4.78, 5) is 78.4. The van der Waals surface area contributed by atoms with E-state index in [1.165, 1.54) is 11.3 Å². The van der Waals surface area contributed by atoms with Crippen molar-refractivity contribution in [3.63, 3.8) is 0 Å². The number of ether oxygens (including phenoxy) is 2. The summed E-state index contributed by atoms with van der Waals surface area (Å²) >= 11 is 1.49. The molecule has 2 heterocycles. The molecule has 1 fully saturated rings. The maximum Gasteiger partial charge on any atom is 0.409 e. The smallest absolute Gasteiger partial charge is 0.409 e. The fourth-order valence-electron chi connectivity index (χ4n) is 9.31. The summed E-state index contributed by atoms with van der Waals surface area (Å²) in [5, 5.41) is 20.6. The van der Waals surface area contributed by atoms with Gasteiger partial charge in [-0.15, -0.1) is 11.3 Å². The highest BCUT2D eigenvalue weighted by Gasteiger charge is 2.43. The van der Waals surface area contributed by atoms with Crippen LogP contribution in [0, 0.1) is 23.7 Å². The largest absolute Gasteiger partial charge is 0.465 e. The quantitative estimate of drug-likeness (QED) is 0.0742. The van der Waals surface area contributed by atoms with Crippen LogP contribution in [0.1, 0.15) is 96.3 Å². The number of aromatic nitrogens is 1. The number of benzene rings is 2. The van der Waals surface area contributed by atoms with Crippen LogP contribution in [0.3, 0.4) is 0 Å². The Hall–Kier alpha value is -4.90. The van der Waals surface area contributed by atoms with Gasteiger partial charge in [0.05, 0.1) is 48.7 Å². The molecule has 1 aliphatic rings. The van der Waals surface area contributed by atoms with Crippen molar-refractivity contribution in [2.75, 3.05) is 40.2 Å². The molecule has 9 atom stereocenters. The number of carbonyl (C=O) groups excluding carboxylic acids is 4. The molecule has 3 aromatic rings. The third-order valence-electron chi connectivity index (χ3n) is 12.8. The van der Waals surface area contributed by atoms with Crippen molar-refractivity contribution in [3.05, 3.63) is 82.3 Å². The third kappa shape index (κ3) is 14.3. The number of methoxy groups -OCH3 is 2. The second-order valence-corrected chi connectivity index (χ2v) is 19.1. The van der Waals surface area contributed by atoms with Crippen molar-refractivity contribution in [1.82, 2.24) is 30.3 Å². The van der Waals surface area contributed by atoms with Crippen LogP contribution in [0.4, 0.5) is 10.5 Å². The number of hydrogen-bond acceptors (Lipinski definition) is 10. The van der Waals surface area contributed by atoms with Crippen molar-refractivity contribution in [3.8, 4) is 0 Å². The van der Waals surface area contributed by atoms with Crippen LogP contribution in [0.15, 0.2) is 66.2 Å². The molecule has 0 radical (unpaired) electrons. The topological polar surface area (TPSA) is 183 Å². The number of amides is 5. The van der Waals surface area contributed by atoms with Gasteiger partial charge in [-0.3, -0.25) is 29.4 Å². The van der Waals surface area contributed by atoms with E-state index in [-0.39, 0.29) is 59.9 Å². The molecule has 0 bridgehead atoms. The van der Waals surface area contributed by atoms with Crippen molar-refractivity contribution in [1.29, 1.82) is 0 Å². The van der Waals surface area contributed by atoms with Gasteiger partial charge in [-0.1, -0.05) is 97.4 Å². The van der Waals surface area contributed by atoms with Crippen molar-refractivity contribution < 1.29 is 38.6 Å². The Balaban J connectivity index is 1.48. The molecular weight excluding hydrogens is 847 g/mol. The molecule has 16 heteroatoms. The average Bonchev–Trinajstić information content (AvgIpc) is 3.99. The number of hydrogen-bond donors (Lipinski definition) is 4. The first-order valence-corrected chi connectivity index (χ1v) is 23.7. The lowest BCUT2D eigenvalue weighted by Gasteiger charge is -2.41. The molecule has 0 saturated carbocycles. The molecule has 0 aliphatic carbocycles. The summed E-state index contributed by atoms with van der Waals surface area (Å²) in [6.07, 6.45) is 2.04. The Bertz CT molecular complexity index is 1990. The molecule has 1 aliphatic heterocycles. The van der Waals surface area contributed by atoms with Gasteiger partial charge in [-0.2, -0.15) is 0 Å². The molecule has 1 saturated heterocycles. The van der Waals surface area contributed by atoms with Crippen LogP contribution in [0.5, 0.6) is 0 Å². The van der Waals surface area contributed by atoms with Gasteiger partial charge in [0.15, 0.2) is 0 Å². The highest BCUT2D eigenvalue weighted by atomic mass is 32.1. The van der Waals surface area contributed by atoms with E-state index in [0.717, 1.165) is 22.6 Å². The van der Waals surface area contributed by atoms with Crippen LogP contribution in [-0.4, -0.2) is 126 Å². The maximum atomic E-state index is 14.6. The highest BCUT2D eigenvalue weighted by molar-refractivity contribution is 7.09. The van der Waals surface area contributed by atoms with Crippen LogP contribution >= 0.6 is 11.3 Å². The van der Waals surface area contributed by atoms with Gasteiger partial charge in [-0.05, 0) is 67.3 Å². The van der Waals surface area contributed by atoms with Gasteiger partial charge in [0.2, 0.25) is 23.6 Å². The molecule has 0 spiro atoms. The van der Waals surface area contributed by atoms with Crippen molar-refractivity contribution in [2.45, 2.75) is 130 Å². The summed E-state index contributed by atoms with van der Waals surface area (Å²) < 4.78 is 12.2. The Labute approximate surface area is 390 Å². The zero-order chi connectivity index (χ0) is 48.0. The van der Waals surface area contributed by atoms with Gasteiger partial charge in [0.25, 0.3) is 0 Å². The van der Waals surface area contributed by atoms with E-state index in [2.05, 4.69) is 20.9 Å². The number of carboxylic acid groups (broad SMARTS) is 1. The minimum absolute atomic E-state index is 0.00193. The number of likely N-dealkylation sites (N-methyl/N-ethyl adjacent to an activating group) is 2. The van der Waals surface area contributed by atoms with Crippen molar-refractivity contribution in [2.24, 2.45) is 23.7 Å². The number of nitrogens with zero attached hydrogens (tertiary/aromatic N) is 4. The van der Waals surface area contributed by atoms with E-state index in [4.69, 9.17) is 9.47 Å². The number of carbonyl (C=O) groups is 5. The summed E-state index contributed by atoms with van der Waals surface area (Å²) in [5.41, 5.74) is 2.33. The lowest BCUT2D eigenvalue weighted by molar-refractivity contribution is -0.148. The molecule has 0 unspecified atom stereocenters. The Morgan fingerprint density at radius 3 is 2.18 bits per heavy atom. The van der Waals surface area contributed by atoms with E-state index in [1.807, 2.05) is 107 Å². The number of anilines is 1. The van der Waals surface area contributed by atoms with Gasteiger partial charge in [0.1, 0.15) is 11.0 Å². The summed E-state index contributed by atoms with van der Waals surface area (Å²) in [6.45, 7) is 14.5. The summed E-state index contributed by atoms with van der Waals surface area (Å²) in [7, 11) is 6.70. The van der Waals surface area contributed by atoms with E-state index < -0.39 is 42.3 Å². The maximum absolute atomic E-state index is 14.6. The molecule has 2 aromatic carbocycles. The van der Waals surface area contributed by atoms with E-state index in [9.17, 15) is 29.1 Å². The monoisotopic (exact) mass is 920 g/mol. The first-order valence-electron chi connectivity index (χ1n) is 22.9. The Morgan fingerprint density at radius 2 is 1.60 bits per heavy atom. The van der Waals surface area contributed by atoms with E-state index in [0.29, 0.717) is 38.0 Å². The second kappa shape index (κ2) is 25.1. The second-order valence-electron chi connectivity index (χ2n) is 18.2. The minimum Gasteiger partial charge on any atom is -0.465 e. The molecule has 4 N–H and O–H groups in total. The number of likely N-dealkylation sites (tertiary alicyclic amines) is 1. The minimum atomic E-state index is -1.16. The molecule has 65 heavy (non-hydrogen) atoms. The molecule has 358 valence electrons. The lowest BCUT2D eigenvalue weighted by Crippen LogP contribution is -2.60. The Morgan fingerprint density at radius 1 is 0.908 bits per heavy atom. The predicted octanol–water partition coefficient (Wildman–Crippen LogP) is 6.85. The van der Waals surface area contributed by atoms with Crippen LogP contribution in [0.2, 0.25) is 0 Å². The van der Waals surface area contributed by atoms with Gasteiger partial charge in [0, 0.05) is 51.6 Å². The third-order valence-corrected chi connectivity index (χ3v) is 13.7. The van der Waals surface area contributed by atoms with Crippen molar-refractivity contribution >= 4 is 46.7 Å². The lowest BCUT2D eigenvalue weighted by atomic mass is 9.89. The zero-order valence-corrected chi connectivity index (χ0v) is 41.0. The Kier molecular flexibility index (Phi) is 20.4. The average molecular weight is 920 g/mol. The number of rotatable bonds is 24. The zero-order valence-electron chi connectivity index (χ0n) is 40.2. The summed E-state index contributed by atoms with van der Waals surface area (Å²) in [5.74, 6) is -1.96.